The largest absolute Gasteiger partial charge is 0.494 e. The van der Waals surface area contributed by atoms with Crippen molar-refractivity contribution in [2.45, 2.75) is 13.8 Å². The van der Waals surface area contributed by atoms with E-state index in [4.69, 9.17) is 10.5 Å². The van der Waals surface area contributed by atoms with E-state index in [0.29, 0.717) is 12.4 Å². The van der Waals surface area contributed by atoms with E-state index in [1.807, 2.05) is 32.0 Å². The zero-order valence-corrected chi connectivity index (χ0v) is 10.0. The van der Waals surface area contributed by atoms with Crippen LogP contribution >= 0.6 is 11.7 Å². The minimum Gasteiger partial charge on any atom is -0.494 e. The van der Waals surface area contributed by atoms with Gasteiger partial charge in [-0.05, 0) is 37.6 Å². The molecule has 1 heterocycles. The lowest BCUT2D eigenvalue weighted by Crippen LogP contribution is -1.95. The van der Waals surface area contributed by atoms with Crippen molar-refractivity contribution in [2.75, 3.05) is 12.3 Å². The molecule has 0 saturated carbocycles. The third-order valence-corrected chi connectivity index (χ3v) is 2.80. The topological polar surface area (TPSA) is 61.0 Å². The van der Waals surface area contributed by atoms with Crippen LogP contribution in [0.3, 0.4) is 0 Å². The van der Waals surface area contributed by atoms with E-state index in [1.165, 1.54) is 0 Å². The van der Waals surface area contributed by atoms with E-state index < -0.39 is 0 Å². The molecule has 2 rings (SSSR count). The fraction of sp³-hybridized carbons (Fsp3) is 0.273. The maximum atomic E-state index is 5.72. The Morgan fingerprint density at radius 2 is 2.19 bits per heavy atom. The molecule has 0 spiro atoms. The van der Waals surface area contributed by atoms with Crippen molar-refractivity contribution in [2.24, 2.45) is 0 Å². The van der Waals surface area contributed by atoms with Crippen molar-refractivity contribution in [1.82, 2.24) is 8.75 Å². The molecule has 2 N–H and O–H groups in total. The van der Waals surface area contributed by atoms with Gasteiger partial charge in [-0.2, -0.15) is 8.75 Å². The Morgan fingerprint density at radius 3 is 2.75 bits per heavy atom. The Bertz CT molecular complexity index is 496. The lowest BCUT2D eigenvalue weighted by molar-refractivity contribution is 0.338. The summed E-state index contributed by atoms with van der Waals surface area (Å²) in [4.78, 5) is 0. The highest BCUT2D eigenvalue weighted by Gasteiger charge is 2.09. The molecule has 4 nitrogen and oxygen atoms in total. The van der Waals surface area contributed by atoms with Crippen LogP contribution in [0.2, 0.25) is 0 Å². The molecule has 0 unspecified atom stereocenters. The third kappa shape index (κ3) is 1.99. The number of nitrogen functional groups attached to an aromatic ring is 1. The predicted molar refractivity (Wildman–Crippen MR) is 65.7 cm³/mol. The fourth-order valence-corrected chi connectivity index (χ4v) is 2.01. The molecule has 0 bridgehead atoms. The summed E-state index contributed by atoms with van der Waals surface area (Å²) in [6.07, 6.45) is 0. The molecule has 0 atom stereocenters. The average Bonchev–Trinajstić information content (AvgIpc) is 2.68. The predicted octanol–water partition coefficient (Wildman–Crippen LogP) is 2.49. The molecular weight excluding hydrogens is 222 g/mol. The first kappa shape index (κ1) is 10.9. The first-order valence-corrected chi connectivity index (χ1v) is 5.77. The normalized spacial score (nSPS) is 10.4. The maximum Gasteiger partial charge on any atom is 0.165 e. The highest BCUT2D eigenvalue weighted by Crippen LogP contribution is 2.28. The van der Waals surface area contributed by atoms with Gasteiger partial charge in [0.25, 0.3) is 0 Å². The van der Waals surface area contributed by atoms with Crippen LogP contribution in [0.5, 0.6) is 5.75 Å². The fourth-order valence-electron chi connectivity index (χ4n) is 1.51. The number of hydrogen-bond donors (Lipinski definition) is 1. The number of anilines is 1. The molecule has 0 amide bonds. The van der Waals surface area contributed by atoms with Crippen LogP contribution in [0.15, 0.2) is 18.2 Å². The summed E-state index contributed by atoms with van der Waals surface area (Å²) in [5, 5.41) is 0. The van der Waals surface area contributed by atoms with Crippen LogP contribution in [0.4, 0.5) is 5.82 Å². The second-order valence-corrected chi connectivity index (χ2v) is 3.94. The Hall–Kier alpha value is -1.62. The van der Waals surface area contributed by atoms with Crippen molar-refractivity contribution >= 4 is 17.5 Å². The summed E-state index contributed by atoms with van der Waals surface area (Å²) in [6, 6.07) is 5.90. The summed E-state index contributed by atoms with van der Waals surface area (Å²) in [5.74, 6) is 1.38. The number of hydrogen-bond acceptors (Lipinski definition) is 5. The van der Waals surface area contributed by atoms with Crippen LogP contribution in [-0.4, -0.2) is 15.4 Å². The summed E-state index contributed by atoms with van der Waals surface area (Å²) in [5.41, 5.74) is 8.53. The lowest BCUT2D eigenvalue weighted by Gasteiger charge is -2.07. The van der Waals surface area contributed by atoms with Gasteiger partial charge in [0, 0.05) is 5.56 Å². The van der Waals surface area contributed by atoms with Crippen LogP contribution in [0.25, 0.3) is 11.3 Å². The number of aromatic nitrogens is 2. The summed E-state index contributed by atoms with van der Waals surface area (Å²) < 4.78 is 13.6. The second kappa shape index (κ2) is 4.49. The van der Waals surface area contributed by atoms with Crippen molar-refractivity contribution in [3.05, 3.63) is 23.8 Å². The molecule has 0 saturated heterocycles. The van der Waals surface area contributed by atoms with Gasteiger partial charge in [-0.25, -0.2) is 0 Å². The Labute approximate surface area is 98.4 Å². The van der Waals surface area contributed by atoms with Crippen LogP contribution in [0.1, 0.15) is 12.5 Å². The number of ether oxygens (including phenoxy) is 1. The molecule has 0 aliphatic carbocycles. The highest BCUT2D eigenvalue weighted by atomic mass is 32.1. The van der Waals surface area contributed by atoms with Gasteiger partial charge in [0.2, 0.25) is 0 Å². The van der Waals surface area contributed by atoms with Gasteiger partial charge in [0.15, 0.2) is 5.82 Å². The van der Waals surface area contributed by atoms with Crippen molar-refractivity contribution in [3.8, 4) is 17.0 Å². The van der Waals surface area contributed by atoms with E-state index in [-0.39, 0.29) is 0 Å². The molecule has 1 aromatic heterocycles. The van der Waals surface area contributed by atoms with Crippen molar-refractivity contribution in [3.63, 3.8) is 0 Å². The first-order valence-electron chi connectivity index (χ1n) is 5.04. The molecule has 0 fully saturated rings. The summed E-state index contributed by atoms with van der Waals surface area (Å²) >= 11 is 1.13. The molecule has 0 radical (unpaired) electrons. The average molecular weight is 235 g/mol. The molecule has 0 aliphatic heterocycles. The van der Waals surface area contributed by atoms with Crippen LogP contribution in [0, 0.1) is 6.92 Å². The summed E-state index contributed by atoms with van der Waals surface area (Å²) in [7, 11) is 0. The Morgan fingerprint density at radius 1 is 1.38 bits per heavy atom. The number of rotatable bonds is 3. The molecule has 84 valence electrons. The van der Waals surface area contributed by atoms with Gasteiger partial charge in [0.05, 0.1) is 18.3 Å². The number of nitrogens with zero attached hydrogens (tertiary/aromatic N) is 2. The van der Waals surface area contributed by atoms with Crippen molar-refractivity contribution in [1.29, 1.82) is 0 Å². The highest BCUT2D eigenvalue weighted by molar-refractivity contribution is 6.99. The van der Waals surface area contributed by atoms with E-state index >= 15 is 0 Å². The smallest absolute Gasteiger partial charge is 0.165 e. The third-order valence-electron chi connectivity index (χ3n) is 2.26. The Kier molecular flexibility index (Phi) is 3.05. The zero-order chi connectivity index (χ0) is 11.5. The molecule has 16 heavy (non-hydrogen) atoms. The summed E-state index contributed by atoms with van der Waals surface area (Å²) in [6.45, 7) is 4.64. The van der Waals surface area contributed by atoms with Crippen molar-refractivity contribution < 1.29 is 4.74 Å². The number of aryl methyl sites for hydroxylation is 1. The quantitative estimate of drug-likeness (QED) is 0.887. The standard InChI is InChI=1S/C11H13N3OS/c1-3-15-9-5-4-8(6-7(9)2)10-11(12)14-16-13-10/h4-6H,3H2,1-2H3,(H2,12,14). The molecule has 0 aliphatic rings. The lowest BCUT2D eigenvalue weighted by atomic mass is 10.1. The Balaban J connectivity index is 2.38. The molecular formula is C11H13N3OS. The van der Waals surface area contributed by atoms with Crippen LogP contribution < -0.4 is 10.5 Å². The molecule has 1 aromatic carbocycles. The van der Waals surface area contributed by atoms with Gasteiger partial charge < -0.3 is 10.5 Å². The number of benzene rings is 1. The molecule has 5 heteroatoms. The van der Waals surface area contributed by atoms with Gasteiger partial charge >= 0.3 is 0 Å². The maximum absolute atomic E-state index is 5.72. The van der Waals surface area contributed by atoms with Gasteiger partial charge in [0.1, 0.15) is 11.4 Å². The van der Waals surface area contributed by atoms with E-state index in [9.17, 15) is 0 Å². The van der Waals surface area contributed by atoms with Gasteiger partial charge in [-0.3, -0.25) is 0 Å². The second-order valence-electron chi connectivity index (χ2n) is 3.41. The monoisotopic (exact) mass is 235 g/mol. The van der Waals surface area contributed by atoms with Crippen LogP contribution in [-0.2, 0) is 0 Å². The first-order chi connectivity index (χ1) is 7.72. The van der Waals surface area contributed by atoms with E-state index in [2.05, 4.69) is 8.75 Å². The number of nitrogens with two attached hydrogens (primary N) is 1. The minimum atomic E-state index is 0.480. The van der Waals surface area contributed by atoms with E-state index in [1.54, 1.807) is 0 Å². The van der Waals surface area contributed by atoms with E-state index in [0.717, 1.165) is 34.3 Å². The zero-order valence-electron chi connectivity index (χ0n) is 9.23. The van der Waals surface area contributed by atoms with Gasteiger partial charge in [-0.1, -0.05) is 0 Å². The minimum absolute atomic E-state index is 0.480. The SMILES string of the molecule is CCOc1ccc(-c2nsnc2N)cc1C. The van der Waals surface area contributed by atoms with Gasteiger partial charge in [-0.15, -0.1) is 0 Å². The molecule has 2 aromatic rings.